The molecule has 4 aromatic rings. The van der Waals surface area contributed by atoms with Gasteiger partial charge in [-0.05, 0) is 30.7 Å². The molecule has 4 heterocycles. The van der Waals surface area contributed by atoms with Crippen molar-refractivity contribution in [1.29, 1.82) is 0 Å². The van der Waals surface area contributed by atoms with Gasteiger partial charge in [0.05, 0.1) is 31.6 Å². The second-order valence-electron chi connectivity index (χ2n) is 9.67. The van der Waals surface area contributed by atoms with E-state index in [4.69, 9.17) is 14.6 Å². The first-order valence-electron chi connectivity index (χ1n) is 12.9. The number of aromatic nitrogens is 5. The number of benzene rings is 1. The van der Waals surface area contributed by atoms with Gasteiger partial charge in [0.2, 0.25) is 5.88 Å². The first kappa shape index (κ1) is 26.4. The van der Waals surface area contributed by atoms with Gasteiger partial charge in [-0.1, -0.05) is 18.2 Å². The number of hydrogen-bond donors (Lipinski definition) is 2. The van der Waals surface area contributed by atoms with E-state index in [0.29, 0.717) is 24.8 Å². The van der Waals surface area contributed by atoms with Crippen LogP contribution in [0.15, 0.2) is 61.1 Å². The Labute approximate surface area is 227 Å². The summed E-state index contributed by atoms with van der Waals surface area (Å²) in [5.41, 5.74) is 4.40. The monoisotopic (exact) mass is 530 g/mol. The molecule has 0 unspecified atom stereocenters. The van der Waals surface area contributed by atoms with Crippen molar-refractivity contribution >= 4 is 11.8 Å². The van der Waals surface area contributed by atoms with Gasteiger partial charge >= 0.3 is 6.03 Å². The summed E-state index contributed by atoms with van der Waals surface area (Å²) in [6.07, 6.45) is 5.43. The summed E-state index contributed by atoms with van der Waals surface area (Å²) in [5, 5.41) is 15.5. The lowest BCUT2D eigenvalue weighted by Gasteiger charge is -2.21. The van der Waals surface area contributed by atoms with Crippen molar-refractivity contribution in [3.8, 4) is 22.8 Å². The number of carbonyl (C=O) groups is 1. The summed E-state index contributed by atoms with van der Waals surface area (Å²) in [4.78, 5) is 20.1. The quantitative estimate of drug-likeness (QED) is 0.342. The van der Waals surface area contributed by atoms with Crippen molar-refractivity contribution in [3.63, 3.8) is 0 Å². The van der Waals surface area contributed by atoms with Crippen molar-refractivity contribution in [2.45, 2.75) is 18.9 Å². The van der Waals surface area contributed by atoms with Crippen LogP contribution in [0.2, 0.25) is 0 Å². The molecule has 3 aromatic heterocycles. The number of nitrogens with zero attached hydrogens (tertiary/aromatic N) is 6. The molecule has 0 aliphatic carbocycles. The summed E-state index contributed by atoms with van der Waals surface area (Å²) in [7, 11) is 5.17. The number of para-hydroxylation sites is 1. The van der Waals surface area contributed by atoms with Crippen LogP contribution in [0.3, 0.4) is 0 Å². The number of aryl methyl sites for hydroxylation is 1. The van der Waals surface area contributed by atoms with Crippen LogP contribution in [0.1, 0.15) is 17.0 Å². The van der Waals surface area contributed by atoms with Gasteiger partial charge in [-0.3, -0.25) is 14.9 Å². The number of methoxy groups -OCH3 is 2. The number of pyridine rings is 1. The Morgan fingerprint density at radius 3 is 2.69 bits per heavy atom. The average molecular weight is 531 g/mol. The fourth-order valence-electron chi connectivity index (χ4n) is 5.07. The van der Waals surface area contributed by atoms with Gasteiger partial charge in [0.1, 0.15) is 11.5 Å². The van der Waals surface area contributed by atoms with Crippen LogP contribution in [0, 0.1) is 6.92 Å². The van der Waals surface area contributed by atoms with E-state index in [1.165, 1.54) is 0 Å². The minimum atomic E-state index is -0.294. The molecule has 1 aliphatic heterocycles. The number of hydrogen-bond acceptors (Lipinski definition) is 7. The number of rotatable bonds is 9. The SMILES string of the molecule is COCCN1C[C@@H](NC(=O)Nc2c(C)c(-c3cnn(C)c3)nn2-c2ccccc2)[C@H](c2ccnc(OC)c2)C1. The molecule has 1 saturated heterocycles. The average Bonchev–Trinajstić information content (AvgIpc) is 3.65. The Kier molecular flexibility index (Phi) is 7.89. The molecular weight excluding hydrogens is 496 g/mol. The number of ether oxygens (including phenoxy) is 2. The fourth-order valence-corrected chi connectivity index (χ4v) is 5.07. The third kappa shape index (κ3) is 5.79. The van der Waals surface area contributed by atoms with Gasteiger partial charge in [-0.2, -0.15) is 10.2 Å². The van der Waals surface area contributed by atoms with Crippen molar-refractivity contribution in [2.24, 2.45) is 7.05 Å². The standard InChI is InChI=1S/C28H34N8O3/c1-19-26(21-15-30-34(2)16-21)33-36(22-8-6-5-7-9-22)27(19)32-28(37)31-24-18-35(12-13-38-3)17-23(24)20-10-11-29-25(14-20)39-4/h5-11,14-16,23-24H,12-13,17-18H2,1-4H3,(H2,31,32,37)/t23-,24+/m0/s1. The molecule has 11 nitrogen and oxygen atoms in total. The maximum Gasteiger partial charge on any atom is 0.320 e. The molecule has 2 atom stereocenters. The van der Waals surface area contributed by atoms with Gasteiger partial charge < -0.3 is 14.8 Å². The maximum absolute atomic E-state index is 13.5. The number of carbonyl (C=O) groups excluding carboxylic acids is 1. The Hall–Kier alpha value is -4.22. The lowest BCUT2D eigenvalue weighted by Crippen LogP contribution is -2.42. The Morgan fingerprint density at radius 2 is 1.97 bits per heavy atom. The third-order valence-electron chi connectivity index (χ3n) is 7.05. The molecule has 1 aromatic carbocycles. The zero-order chi connectivity index (χ0) is 27.4. The Bertz CT molecular complexity index is 1420. The molecule has 5 rings (SSSR count). The Morgan fingerprint density at radius 1 is 1.15 bits per heavy atom. The van der Waals surface area contributed by atoms with Crippen LogP contribution in [-0.2, 0) is 11.8 Å². The van der Waals surface area contributed by atoms with Crippen LogP contribution in [0.25, 0.3) is 16.9 Å². The van der Waals surface area contributed by atoms with Gasteiger partial charge in [-0.15, -0.1) is 0 Å². The Balaban J connectivity index is 1.41. The summed E-state index contributed by atoms with van der Waals surface area (Å²) in [6.45, 7) is 4.84. The van der Waals surface area contributed by atoms with E-state index in [2.05, 4.69) is 25.6 Å². The first-order valence-corrected chi connectivity index (χ1v) is 12.9. The minimum Gasteiger partial charge on any atom is -0.481 e. The van der Waals surface area contributed by atoms with Crippen molar-refractivity contribution in [2.75, 3.05) is 45.8 Å². The summed E-state index contributed by atoms with van der Waals surface area (Å²) < 4.78 is 14.2. The normalized spacial score (nSPS) is 17.3. The third-order valence-corrected chi connectivity index (χ3v) is 7.05. The van der Waals surface area contributed by atoms with Crippen molar-refractivity contribution < 1.29 is 14.3 Å². The van der Waals surface area contributed by atoms with E-state index >= 15 is 0 Å². The lowest BCUT2D eigenvalue weighted by atomic mass is 9.95. The predicted molar refractivity (Wildman–Crippen MR) is 148 cm³/mol. The van der Waals surface area contributed by atoms with E-state index in [0.717, 1.165) is 41.2 Å². The molecule has 0 radical (unpaired) electrons. The van der Waals surface area contributed by atoms with Crippen molar-refractivity contribution in [1.82, 2.24) is 34.8 Å². The van der Waals surface area contributed by atoms with E-state index in [1.54, 1.807) is 36.0 Å². The lowest BCUT2D eigenvalue weighted by molar-refractivity contribution is 0.159. The van der Waals surface area contributed by atoms with Crippen LogP contribution in [-0.4, -0.2) is 82.0 Å². The highest BCUT2D eigenvalue weighted by atomic mass is 16.5. The topological polar surface area (TPSA) is 111 Å². The molecule has 204 valence electrons. The molecule has 0 spiro atoms. The maximum atomic E-state index is 13.5. The predicted octanol–water partition coefficient (Wildman–Crippen LogP) is 3.22. The minimum absolute atomic E-state index is 0.0654. The molecule has 0 saturated carbocycles. The molecule has 0 bridgehead atoms. The summed E-state index contributed by atoms with van der Waals surface area (Å²) >= 11 is 0. The zero-order valence-electron chi connectivity index (χ0n) is 22.7. The molecule has 1 aliphatic rings. The number of amides is 2. The second kappa shape index (κ2) is 11.7. The first-order chi connectivity index (χ1) is 19.0. The number of nitrogens with one attached hydrogen (secondary N) is 2. The van der Waals surface area contributed by atoms with E-state index in [-0.39, 0.29) is 18.0 Å². The van der Waals surface area contributed by atoms with Crippen LogP contribution in [0.4, 0.5) is 10.6 Å². The smallest absolute Gasteiger partial charge is 0.320 e. The van der Waals surface area contributed by atoms with Gasteiger partial charge in [0.25, 0.3) is 0 Å². The van der Waals surface area contributed by atoms with Gasteiger partial charge in [-0.25, -0.2) is 14.5 Å². The van der Waals surface area contributed by atoms with E-state index < -0.39 is 0 Å². The zero-order valence-corrected chi connectivity index (χ0v) is 22.7. The van der Waals surface area contributed by atoms with Crippen molar-refractivity contribution in [3.05, 3.63) is 72.2 Å². The fraction of sp³-hybridized carbons (Fsp3) is 0.357. The molecule has 2 amide bonds. The van der Waals surface area contributed by atoms with E-state index in [9.17, 15) is 4.79 Å². The number of urea groups is 1. The van der Waals surface area contributed by atoms with Crippen LogP contribution in [0.5, 0.6) is 5.88 Å². The molecule has 39 heavy (non-hydrogen) atoms. The molecule has 2 N–H and O–H groups in total. The van der Waals surface area contributed by atoms with Crippen LogP contribution >= 0.6 is 0 Å². The highest BCUT2D eigenvalue weighted by Gasteiger charge is 2.35. The highest BCUT2D eigenvalue weighted by Crippen LogP contribution is 2.31. The van der Waals surface area contributed by atoms with Crippen LogP contribution < -0.4 is 15.4 Å². The highest BCUT2D eigenvalue weighted by molar-refractivity contribution is 5.91. The summed E-state index contributed by atoms with van der Waals surface area (Å²) in [6, 6.07) is 13.3. The summed E-state index contributed by atoms with van der Waals surface area (Å²) in [5.74, 6) is 1.22. The second-order valence-corrected chi connectivity index (χ2v) is 9.67. The van der Waals surface area contributed by atoms with Gasteiger partial charge in [0.15, 0.2) is 0 Å². The van der Waals surface area contributed by atoms with E-state index in [1.807, 2.05) is 62.6 Å². The molecular formula is C28H34N8O3. The van der Waals surface area contributed by atoms with Gasteiger partial charge in [0, 0.05) is 69.3 Å². The largest absolute Gasteiger partial charge is 0.481 e. The number of anilines is 1. The molecule has 1 fully saturated rings. The number of likely N-dealkylation sites (tertiary alicyclic amines) is 1. The molecule has 11 heteroatoms.